The van der Waals surface area contributed by atoms with Gasteiger partial charge in [-0.2, -0.15) is 0 Å². The van der Waals surface area contributed by atoms with Crippen LogP contribution in [0.4, 0.5) is 0 Å². The van der Waals surface area contributed by atoms with Crippen molar-refractivity contribution < 1.29 is 0 Å². The molecule has 2 aromatic carbocycles. The Labute approximate surface area is 217 Å². The summed E-state index contributed by atoms with van der Waals surface area (Å²) in [6, 6.07) is 14.2. The lowest BCUT2D eigenvalue weighted by Gasteiger charge is -2.21. The summed E-state index contributed by atoms with van der Waals surface area (Å²) < 4.78 is 0. The Kier molecular flexibility index (Phi) is 10.4. The van der Waals surface area contributed by atoms with Gasteiger partial charge in [0, 0.05) is 12.0 Å². The molecular weight excluding hydrogens is 444 g/mol. The molecular formula is C32H44N2S. The summed E-state index contributed by atoms with van der Waals surface area (Å²) in [6.07, 6.45) is 20.7. The number of rotatable bonds is 15. The Bertz CT molecular complexity index is 1050. The molecule has 4 rings (SSSR count). The van der Waals surface area contributed by atoms with Crippen LogP contribution >= 0.6 is 11.3 Å². The van der Waals surface area contributed by atoms with Crippen molar-refractivity contribution in [2.75, 3.05) is 0 Å². The van der Waals surface area contributed by atoms with Crippen molar-refractivity contribution in [1.82, 2.24) is 10.2 Å². The SMILES string of the molecule is CCCCCCCCc1ccc2c(c1)CCc1cc(-c3nnc(CCCCCCCC)s3)ccc1-2. The summed E-state index contributed by atoms with van der Waals surface area (Å²) in [5.74, 6) is 0. The molecule has 0 radical (unpaired) electrons. The highest BCUT2D eigenvalue weighted by atomic mass is 32.1. The molecule has 188 valence electrons. The molecule has 0 N–H and O–H groups in total. The molecule has 0 unspecified atom stereocenters. The molecule has 0 fully saturated rings. The van der Waals surface area contributed by atoms with E-state index >= 15 is 0 Å². The largest absolute Gasteiger partial charge is 0.147 e. The van der Waals surface area contributed by atoms with Crippen LogP contribution in [0.2, 0.25) is 0 Å². The summed E-state index contributed by atoms with van der Waals surface area (Å²) in [5.41, 5.74) is 8.60. The van der Waals surface area contributed by atoms with E-state index in [1.165, 1.54) is 122 Å². The highest BCUT2D eigenvalue weighted by Gasteiger charge is 2.18. The predicted molar refractivity (Wildman–Crippen MR) is 152 cm³/mol. The maximum absolute atomic E-state index is 4.54. The number of aromatic nitrogens is 2. The molecule has 3 aromatic rings. The maximum atomic E-state index is 4.54. The van der Waals surface area contributed by atoms with Crippen molar-refractivity contribution in [3.8, 4) is 21.7 Å². The second kappa shape index (κ2) is 13.9. The number of aryl methyl sites for hydroxylation is 4. The van der Waals surface area contributed by atoms with Crippen LogP contribution in [0.3, 0.4) is 0 Å². The van der Waals surface area contributed by atoms with Crippen molar-refractivity contribution in [3.05, 3.63) is 58.1 Å². The lowest BCUT2D eigenvalue weighted by atomic mass is 9.83. The van der Waals surface area contributed by atoms with Gasteiger partial charge in [-0.05, 0) is 66.0 Å². The molecule has 35 heavy (non-hydrogen) atoms. The molecule has 0 aliphatic heterocycles. The number of hydrogen-bond acceptors (Lipinski definition) is 3. The fourth-order valence-corrected chi connectivity index (χ4v) is 6.25. The zero-order chi connectivity index (χ0) is 24.3. The third-order valence-corrected chi connectivity index (χ3v) is 8.54. The first-order valence-electron chi connectivity index (χ1n) is 14.4. The average molecular weight is 489 g/mol. The van der Waals surface area contributed by atoms with Crippen molar-refractivity contribution in [2.24, 2.45) is 0 Å². The summed E-state index contributed by atoms with van der Waals surface area (Å²) in [5, 5.41) is 11.3. The number of hydrogen-bond donors (Lipinski definition) is 0. The van der Waals surface area contributed by atoms with E-state index in [1.54, 1.807) is 11.3 Å². The normalized spacial score (nSPS) is 12.5. The van der Waals surface area contributed by atoms with Gasteiger partial charge in [0.15, 0.2) is 0 Å². The quantitative estimate of drug-likeness (QED) is 0.199. The first kappa shape index (κ1) is 26.1. The van der Waals surface area contributed by atoms with E-state index in [2.05, 4.69) is 60.4 Å². The number of unbranched alkanes of at least 4 members (excludes halogenated alkanes) is 10. The minimum atomic E-state index is 1.07. The summed E-state index contributed by atoms with van der Waals surface area (Å²) >= 11 is 1.78. The molecule has 0 bridgehead atoms. The van der Waals surface area contributed by atoms with Crippen LogP contribution in [-0.2, 0) is 25.7 Å². The summed E-state index contributed by atoms with van der Waals surface area (Å²) in [7, 11) is 0. The first-order chi connectivity index (χ1) is 17.3. The Balaban J connectivity index is 1.34. The number of benzene rings is 2. The van der Waals surface area contributed by atoms with Crippen molar-refractivity contribution in [3.63, 3.8) is 0 Å². The minimum Gasteiger partial charge on any atom is -0.143 e. The van der Waals surface area contributed by atoms with Crippen LogP contribution < -0.4 is 0 Å². The molecule has 3 heteroatoms. The van der Waals surface area contributed by atoms with Crippen LogP contribution in [-0.4, -0.2) is 10.2 Å². The van der Waals surface area contributed by atoms with E-state index in [4.69, 9.17) is 0 Å². The minimum absolute atomic E-state index is 1.07. The molecule has 0 saturated carbocycles. The molecule has 1 aliphatic rings. The molecule has 2 nitrogen and oxygen atoms in total. The number of nitrogens with zero attached hydrogens (tertiary/aromatic N) is 2. The highest BCUT2D eigenvalue weighted by Crippen LogP contribution is 2.37. The van der Waals surface area contributed by atoms with E-state index in [9.17, 15) is 0 Å². The van der Waals surface area contributed by atoms with Gasteiger partial charge in [-0.15, -0.1) is 10.2 Å². The second-order valence-corrected chi connectivity index (χ2v) is 11.5. The van der Waals surface area contributed by atoms with Gasteiger partial charge in [-0.25, -0.2) is 0 Å². The smallest absolute Gasteiger partial charge is 0.143 e. The maximum Gasteiger partial charge on any atom is 0.147 e. The molecule has 1 aliphatic carbocycles. The zero-order valence-corrected chi connectivity index (χ0v) is 22.9. The fourth-order valence-electron chi connectivity index (χ4n) is 5.38. The van der Waals surface area contributed by atoms with E-state index in [1.807, 2.05) is 0 Å². The predicted octanol–water partition coefficient (Wildman–Crippen LogP) is 9.78. The first-order valence-corrected chi connectivity index (χ1v) is 15.2. The van der Waals surface area contributed by atoms with Crippen molar-refractivity contribution >= 4 is 11.3 Å². The third-order valence-electron chi connectivity index (χ3n) is 7.51. The van der Waals surface area contributed by atoms with Gasteiger partial charge in [-0.1, -0.05) is 120 Å². The standard InChI is InChI=1S/C32H44N2S/c1-3-5-7-9-11-13-15-25-17-21-29-26(23-25)18-19-27-24-28(20-22-30(27)29)32-34-33-31(35-32)16-14-12-10-8-6-4-2/h17,20-24H,3-16,18-19H2,1-2H3. The van der Waals surface area contributed by atoms with Crippen molar-refractivity contribution in [2.45, 2.75) is 117 Å². The lowest BCUT2D eigenvalue weighted by Crippen LogP contribution is -2.05. The molecule has 0 atom stereocenters. The summed E-state index contributed by atoms with van der Waals surface area (Å²) in [6.45, 7) is 4.56. The second-order valence-electron chi connectivity index (χ2n) is 10.4. The van der Waals surface area contributed by atoms with Crippen molar-refractivity contribution in [1.29, 1.82) is 0 Å². The topological polar surface area (TPSA) is 25.8 Å². The van der Waals surface area contributed by atoms with Gasteiger partial charge in [0.25, 0.3) is 0 Å². The third kappa shape index (κ3) is 7.49. The van der Waals surface area contributed by atoms with Gasteiger partial charge in [0.2, 0.25) is 0 Å². The van der Waals surface area contributed by atoms with Crippen LogP contribution in [0.25, 0.3) is 21.7 Å². The zero-order valence-electron chi connectivity index (χ0n) is 22.1. The molecule has 0 spiro atoms. The van der Waals surface area contributed by atoms with E-state index < -0.39 is 0 Å². The van der Waals surface area contributed by atoms with E-state index in [-0.39, 0.29) is 0 Å². The van der Waals surface area contributed by atoms with Gasteiger partial charge in [-0.3, -0.25) is 0 Å². The van der Waals surface area contributed by atoms with Gasteiger partial charge in [0.1, 0.15) is 10.0 Å². The van der Waals surface area contributed by atoms with Crippen LogP contribution in [0.15, 0.2) is 36.4 Å². The van der Waals surface area contributed by atoms with Gasteiger partial charge < -0.3 is 0 Å². The Morgan fingerprint density at radius 2 is 1.23 bits per heavy atom. The molecule has 0 saturated heterocycles. The highest BCUT2D eigenvalue weighted by molar-refractivity contribution is 7.14. The Morgan fingerprint density at radius 3 is 1.94 bits per heavy atom. The Hall–Kier alpha value is -2.00. The molecule has 1 heterocycles. The lowest BCUT2D eigenvalue weighted by molar-refractivity contribution is 0.606. The van der Waals surface area contributed by atoms with Gasteiger partial charge in [0.05, 0.1) is 0 Å². The monoisotopic (exact) mass is 488 g/mol. The summed E-state index contributed by atoms with van der Waals surface area (Å²) in [4.78, 5) is 0. The average Bonchev–Trinajstić information content (AvgIpc) is 3.36. The van der Waals surface area contributed by atoms with Crippen LogP contribution in [0.5, 0.6) is 0 Å². The van der Waals surface area contributed by atoms with Crippen LogP contribution in [0.1, 0.15) is 113 Å². The molecule has 1 aromatic heterocycles. The van der Waals surface area contributed by atoms with E-state index in [0.717, 1.165) is 24.3 Å². The Morgan fingerprint density at radius 1 is 0.629 bits per heavy atom. The molecule has 0 amide bonds. The van der Waals surface area contributed by atoms with E-state index in [0.29, 0.717) is 0 Å². The number of fused-ring (bicyclic) bond motifs is 3. The van der Waals surface area contributed by atoms with Crippen LogP contribution in [0, 0.1) is 0 Å². The fraction of sp³-hybridized carbons (Fsp3) is 0.562. The van der Waals surface area contributed by atoms with Gasteiger partial charge >= 0.3 is 0 Å².